The zero-order valence-corrected chi connectivity index (χ0v) is 13.3. The molecule has 114 valence electrons. The molecule has 0 unspecified atom stereocenters. The summed E-state index contributed by atoms with van der Waals surface area (Å²) < 4.78 is 13.6. The number of carboxylic acid groups (broad SMARTS) is 1. The van der Waals surface area contributed by atoms with Crippen molar-refractivity contribution in [2.75, 3.05) is 13.1 Å². The number of benzene rings is 1. The van der Waals surface area contributed by atoms with E-state index in [9.17, 15) is 19.1 Å². The van der Waals surface area contributed by atoms with Crippen LogP contribution in [0.4, 0.5) is 4.39 Å². The maximum atomic E-state index is 13.5. The monoisotopic (exact) mass is 357 g/mol. The van der Waals surface area contributed by atoms with E-state index >= 15 is 0 Å². The number of carbonyl (C=O) groups excluding carboxylic acids is 1. The van der Waals surface area contributed by atoms with E-state index in [-0.39, 0.29) is 15.9 Å². The third kappa shape index (κ3) is 2.95. The first-order valence-corrected chi connectivity index (χ1v) is 7.67. The summed E-state index contributed by atoms with van der Waals surface area (Å²) >= 11 is 3.09. The molecule has 0 atom stereocenters. The molecule has 0 spiro atoms. The number of hydrogen-bond acceptors (Lipinski definition) is 2. The summed E-state index contributed by atoms with van der Waals surface area (Å²) in [7, 11) is 0. The van der Waals surface area contributed by atoms with E-state index in [1.54, 1.807) is 11.0 Å². The number of carbonyl (C=O) groups is 2. The van der Waals surface area contributed by atoms with Crippen molar-refractivity contribution < 1.29 is 19.1 Å². The van der Waals surface area contributed by atoms with Gasteiger partial charge in [0.1, 0.15) is 5.82 Å². The van der Waals surface area contributed by atoms with Crippen LogP contribution in [-0.4, -0.2) is 35.0 Å². The summed E-state index contributed by atoms with van der Waals surface area (Å²) in [6.07, 6.45) is 1.41. The minimum Gasteiger partial charge on any atom is -0.481 e. The number of rotatable bonds is 3. The Kier molecular flexibility index (Phi) is 4.66. The molecular formula is C15H17BrFNO3. The van der Waals surface area contributed by atoms with Crippen LogP contribution in [0, 0.1) is 11.2 Å². The van der Waals surface area contributed by atoms with Crippen LogP contribution >= 0.6 is 15.9 Å². The number of aliphatic carboxylic acids is 1. The Bertz CT molecular complexity index is 568. The molecule has 1 heterocycles. The molecule has 1 amide bonds. The molecule has 1 saturated heterocycles. The normalized spacial score (nSPS) is 17.6. The van der Waals surface area contributed by atoms with Crippen molar-refractivity contribution in [3.8, 4) is 0 Å². The second-order valence-corrected chi connectivity index (χ2v) is 6.13. The summed E-state index contributed by atoms with van der Waals surface area (Å²) in [6.45, 7) is 2.61. The van der Waals surface area contributed by atoms with Gasteiger partial charge in [0.2, 0.25) is 0 Å². The fraction of sp³-hybridized carbons (Fsp3) is 0.467. The second-order valence-electron chi connectivity index (χ2n) is 5.33. The van der Waals surface area contributed by atoms with Crippen molar-refractivity contribution in [1.82, 2.24) is 4.90 Å². The summed E-state index contributed by atoms with van der Waals surface area (Å²) in [6, 6.07) is 4.34. The Hall–Kier alpha value is -1.43. The van der Waals surface area contributed by atoms with Crippen molar-refractivity contribution in [2.45, 2.75) is 26.2 Å². The van der Waals surface area contributed by atoms with Gasteiger partial charge in [-0.2, -0.15) is 0 Å². The molecule has 0 saturated carbocycles. The van der Waals surface area contributed by atoms with E-state index in [1.165, 1.54) is 12.1 Å². The highest BCUT2D eigenvalue weighted by Gasteiger charge is 2.41. The first-order chi connectivity index (χ1) is 9.91. The lowest BCUT2D eigenvalue weighted by Gasteiger charge is -2.38. The molecule has 21 heavy (non-hydrogen) atoms. The molecule has 1 N–H and O–H groups in total. The Labute approximate surface area is 131 Å². The zero-order valence-electron chi connectivity index (χ0n) is 11.7. The summed E-state index contributed by atoms with van der Waals surface area (Å²) in [5, 5.41) is 9.35. The number of amides is 1. The van der Waals surface area contributed by atoms with E-state index in [4.69, 9.17) is 0 Å². The molecule has 0 radical (unpaired) electrons. The molecule has 1 aromatic rings. The number of hydrogen-bond donors (Lipinski definition) is 1. The van der Waals surface area contributed by atoms with E-state index in [1.807, 2.05) is 6.92 Å². The fourth-order valence-corrected chi connectivity index (χ4v) is 3.13. The van der Waals surface area contributed by atoms with Crippen molar-refractivity contribution in [3.63, 3.8) is 0 Å². The molecule has 1 aromatic carbocycles. The van der Waals surface area contributed by atoms with Crippen LogP contribution in [0.25, 0.3) is 0 Å². The number of piperidine rings is 1. The lowest BCUT2D eigenvalue weighted by molar-refractivity contribution is -0.152. The third-order valence-corrected chi connectivity index (χ3v) is 5.13. The van der Waals surface area contributed by atoms with E-state index in [0.29, 0.717) is 32.4 Å². The first kappa shape index (κ1) is 15.9. The average Bonchev–Trinajstić information content (AvgIpc) is 2.49. The van der Waals surface area contributed by atoms with E-state index in [0.717, 1.165) is 0 Å². The number of likely N-dealkylation sites (tertiary alicyclic amines) is 1. The van der Waals surface area contributed by atoms with Crippen molar-refractivity contribution >= 4 is 27.8 Å². The molecule has 4 nitrogen and oxygen atoms in total. The first-order valence-electron chi connectivity index (χ1n) is 6.88. The minimum atomic E-state index is -0.802. The Morgan fingerprint density at radius 3 is 2.52 bits per heavy atom. The summed E-state index contributed by atoms with van der Waals surface area (Å²) in [5.74, 6) is -1.55. The van der Waals surface area contributed by atoms with Gasteiger partial charge >= 0.3 is 5.97 Å². The van der Waals surface area contributed by atoms with Crippen LogP contribution in [0.15, 0.2) is 22.7 Å². The molecule has 0 aliphatic carbocycles. The topological polar surface area (TPSA) is 57.6 Å². The number of carboxylic acids is 1. The van der Waals surface area contributed by atoms with E-state index in [2.05, 4.69) is 15.9 Å². The fourth-order valence-electron chi connectivity index (χ4n) is 2.70. The molecular weight excluding hydrogens is 341 g/mol. The quantitative estimate of drug-likeness (QED) is 0.902. The van der Waals surface area contributed by atoms with Crippen molar-refractivity contribution in [2.24, 2.45) is 5.41 Å². The standard InChI is InChI=1S/C15H17BrFNO3/c1-2-15(14(20)21)6-8-18(9-7-15)13(19)10-4-3-5-11(17)12(10)16/h3-5H,2,6-9H2,1H3,(H,20,21). The molecule has 1 fully saturated rings. The predicted octanol–water partition coefficient (Wildman–Crippen LogP) is 3.31. The van der Waals surface area contributed by atoms with Crippen LogP contribution in [0.3, 0.4) is 0 Å². The van der Waals surface area contributed by atoms with Crippen LogP contribution in [0.2, 0.25) is 0 Å². The van der Waals surface area contributed by atoms with Crippen LogP contribution in [-0.2, 0) is 4.79 Å². The largest absolute Gasteiger partial charge is 0.481 e. The Morgan fingerprint density at radius 1 is 1.38 bits per heavy atom. The number of nitrogens with zero attached hydrogens (tertiary/aromatic N) is 1. The highest BCUT2D eigenvalue weighted by atomic mass is 79.9. The van der Waals surface area contributed by atoms with Gasteiger partial charge in [0.15, 0.2) is 0 Å². The Morgan fingerprint density at radius 2 is 2.00 bits per heavy atom. The lowest BCUT2D eigenvalue weighted by atomic mass is 9.76. The van der Waals surface area contributed by atoms with Gasteiger partial charge in [-0.3, -0.25) is 9.59 Å². The SMILES string of the molecule is CCC1(C(=O)O)CCN(C(=O)c2cccc(F)c2Br)CC1. The highest BCUT2D eigenvalue weighted by molar-refractivity contribution is 9.10. The van der Waals surface area contributed by atoms with Gasteiger partial charge in [0.25, 0.3) is 5.91 Å². The van der Waals surface area contributed by atoms with Gasteiger partial charge in [-0.1, -0.05) is 13.0 Å². The lowest BCUT2D eigenvalue weighted by Crippen LogP contribution is -2.46. The van der Waals surface area contributed by atoms with Crippen molar-refractivity contribution in [3.05, 3.63) is 34.1 Å². The van der Waals surface area contributed by atoms with Crippen molar-refractivity contribution in [1.29, 1.82) is 0 Å². The maximum absolute atomic E-state index is 13.5. The van der Waals surface area contributed by atoms with Gasteiger partial charge < -0.3 is 10.0 Å². The smallest absolute Gasteiger partial charge is 0.309 e. The molecule has 0 bridgehead atoms. The van der Waals surface area contributed by atoms with Gasteiger partial charge in [-0.25, -0.2) is 4.39 Å². The molecule has 6 heteroatoms. The van der Waals surface area contributed by atoms with Gasteiger partial charge in [0, 0.05) is 13.1 Å². The predicted molar refractivity (Wildman–Crippen MR) is 79.6 cm³/mol. The summed E-state index contributed by atoms with van der Waals surface area (Å²) in [4.78, 5) is 25.4. The molecule has 1 aliphatic heterocycles. The maximum Gasteiger partial charge on any atom is 0.309 e. The summed E-state index contributed by atoms with van der Waals surface area (Å²) in [5.41, 5.74) is -0.468. The zero-order chi connectivity index (χ0) is 15.6. The van der Waals surface area contributed by atoms with Gasteiger partial charge in [-0.05, 0) is 47.3 Å². The molecule has 1 aliphatic rings. The Balaban J connectivity index is 2.14. The van der Waals surface area contributed by atoms with Crippen LogP contribution < -0.4 is 0 Å². The van der Waals surface area contributed by atoms with Gasteiger partial charge in [-0.15, -0.1) is 0 Å². The third-order valence-electron chi connectivity index (χ3n) is 4.32. The highest BCUT2D eigenvalue weighted by Crippen LogP contribution is 2.36. The second kappa shape index (κ2) is 6.13. The molecule has 2 rings (SSSR count). The van der Waals surface area contributed by atoms with Crippen LogP contribution in [0.5, 0.6) is 0 Å². The van der Waals surface area contributed by atoms with Gasteiger partial charge in [0.05, 0.1) is 15.5 Å². The average molecular weight is 358 g/mol. The minimum absolute atomic E-state index is 0.153. The molecule has 0 aromatic heterocycles. The van der Waals surface area contributed by atoms with E-state index < -0.39 is 17.2 Å². The number of halogens is 2. The van der Waals surface area contributed by atoms with Crippen LogP contribution in [0.1, 0.15) is 36.5 Å².